The van der Waals surface area contributed by atoms with Crippen molar-refractivity contribution >= 4 is 35.0 Å². The molecule has 0 spiro atoms. The lowest BCUT2D eigenvalue weighted by Crippen LogP contribution is -2.52. The predicted molar refractivity (Wildman–Crippen MR) is 116 cm³/mol. The summed E-state index contributed by atoms with van der Waals surface area (Å²) in [5.74, 6) is -0.812. The van der Waals surface area contributed by atoms with Gasteiger partial charge in [-0.3, -0.25) is 4.79 Å². The van der Waals surface area contributed by atoms with Crippen LogP contribution in [0.1, 0.15) is 71.7 Å². The standard InChI is InChI=1S/C23H27NO4S/c1-2-3-4-8-20(25)16-9-11-17(12-10-16)24-18(15-22(24)26)6-5-7-19-13-14-21(29-19)23(27)28/h5,7,9-14,18,20,25H,2-4,6,8,15H2,1H3,(H,27,28)/b7-5+/t18-,20?/m0/s1. The molecular weight excluding hydrogens is 386 g/mol. The Morgan fingerprint density at radius 1 is 1.24 bits per heavy atom. The van der Waals surface area contributed by atoms with Crippen LogP contribution in [-0.4, -0.2) is 28.1 Å². The highest BCUT2D eigenvalue weighted by Crippen LogP contribution is 2.32. The first-order valence-electron chi connectivity index (χ1n) is 10.1. The average molecular weight is 414 g/mol. The molecule has 1 aromatic carbocycles. The fourth-order valence-electron chi connectivity index (χ4n) is 3.54. The van der Waals surface area contributed by atoms with E-state index in [9.17, 15) is 14.7 Å². The number of carbonyl (C=O) groups is 2. The van der Waals surface area contributed by atoms with E-state index in [0.29, 0.717) is 17.7 Å². The molecular formula is C23H27NO4S. The highest BCUT2D eigenvalue weighted by atomic mass is 32.1. The van der Waals surface area contributed by atoms with Crippen molar-refractivity contribution in [1.82, 2.24) is 0 Å². The lowest BCUT2D eigenvalue weighted by molar-refractivity contribution is -0.124. The Hall–Kier alpha value is -2.44. The summed E-state index contributed by atoms with van der Waals surface area (Å²) in [7, 11) is 0. The van der Waals surface area contributed by atoms with E-state index in [1.165, 1.54) is 11.3 Å². The Kier molecular flexibility index (Phi) is 7.23. The zero-order valence-corrected chi connectivity index (χ0v) is 17.4. The number of thiophene rings is 1. The maximum Gasteiger partial charge on any atom is 0.345 e. The largest absolute Gasteiger partial charge is 0.477 e. The Bertz CT molecular complexity index is 871. The molecule has 1 aliphatic heterocycles. The highest BCUT2D eigenvalue weighted by Gasteiger charge is 2.36. The molecule has 1 unspecified atom stereocenters. The van der Waals surface area contributed by atoms with Gasteiger partial charge in [0.05, 0.1) is 6.10 Å². The summed E-state index contributed by atoms with van der Waals surface area (Å²) in [4.78, 5) is 26.1. The van der Waals surface area contributed by atoms with Crippen molar-refractivity contribution in [1.29, 1.82) is 0 Å². The van der Waals surface area contributed by atoms with Gasteiger partial charge in [-0.1, -0.05) is 44.4 Å². The van der Waals surface area contributed by atoms with Crippen LogP contribution in [0.15, 0.2) is 42.5 Å². The molecule has 0 saturated carbocycles. The van der Waals surface area contributed by atoms with Crippen molar-refractivity contribution in [2.45, 2.75) is 57.6 Å². The molecule has 154 valence electrons. The van der Waals surface area contributed by atoms with E-state index >= 15 is 0 Å². The SMILES string of the molecule is CCCCCC(O)c1ccc(N2C(=O)C[C@@H]2C/C=C/c2ccc(C(=O)O)s2)cc1. The predicted octanol–water partition coefficient (Wildman–Crippen LogP) is 5.27. The number of carboxylic acid groups (broad SMARTS) is 1. The van der Waals surface area contributed by atoms with Gasteiger partial charge in [0.15, 0.2) is 0 Å². The zero-order chi connectivity index (χ0) is 20.8. The van der Waals surface area contributed by atoms with E-state index in [2.05, 4.69) is 6.92 Å². The minimum atomic E-state index is -0.913. The van der Waals surface area contributed by atoms with Crippen LogP contribution >= 0.6 is 11.3 Å². The second-order valence-corrected chi connectivity index (χ2v) is 8.49. The molecule has 0 radical (unpaired) electrons. The highest BCUT2D eigenvalue weighted by molar-refractivity contribution is 7.14. The second-order valence-electron chi connectivity index (χ2n) is 7.37. The van der Waals surface area contributed by atoms with Gasteiger partial charge in [-0.05, 0) is 48.7 Å². The zero-order valence-electron chi connectivity index (χ0n) is 16.6. The number of aliphatic hydroxyl groups is 1. The number of anilines is 1. The molecule has 5 nitrogen and oxygen atoms in total. The van der Waals surface area contributed by atoms with Crippen molar-refractivity contribution in [3.63, 3.8) is 0 Å². The molecule has 0 aliphatic carbocycles. The number of hydrogen-bond acceptors (Lipinski definition) is 4. The average Bonchev–Trinajstić information content (AvgIpc) is 3.17. The van der Waals surface area contributed by atoms with Gasteiger partial charge in [0.2, 0.25) is 5.91 Å². The Labute approximate surface area is 175 Å². The minimum Gasteiger partial charge on any atom is -0.477 e. The monoisotopic (exact) mass is 413 g/mol. The summed E-state index contributed by atoms with van der Waals surface area (Å²) < 4.78 is 0. The molecule has 1 amide bonds. The lowest BCUT2D eigenvalue weighted by Gasteiger charge is -2.40. The number of amides is 1. The summed E-state index contributed by atoms with van der Waals surface area (Å²) in [5.41, 5.74) is 1.75. The van der Waals surface area contributed by atoms with Gasteiger partial charge in [0.1, 0.15) is 4.88 Å². The third kappa shape index (κ3) is 5.34. The number of nitrogens with zero attached hydrogens (tertiary/aromatic N) is 1. The van der Waals surface area contributed by atoms with Crippen LogP contribution in [-0.2, 0) is 4.79 Å². The van der Waals surface area contributed by atoms with Crippen LogP contribution in [0.3, 0.4) is 0 Å². The van der Waals surface area contributed by atoms with Crippen molar-refractivity contribution in [3.05, 3.63) is 57.8 Å². The molecule has 2 N–H and O–H groups in total. The van der Waals surface area contributed by atoms with E-state index in [0.717, 1.165) is 41.8 Å². The van der Waals surface area contributed by atoms with Gasteiger partial charge < -0.3 is 15.1 Å². The van der Waals surface area contributed by atoms with Crippen LogP contribution < -0.4 is 4.90 Å². The van der Waals surface area contributed by atoms with Crippen LogP contribution in [0.5, 0.6) is 0 Å². The van der Waals surface area contributed by atoms with E-state index in [-0.39, 0.29) is 11.9 Å². The maximum atomic E-state index is 12.1. The maximum absolute atomic E-state index is 12.1. The second kappa shape index (κ2) is 9.85. The number of hydrogen-bond donors (Lipinski definition) is 2. The van der Waals surface area contributed by atoms with E-state index in [1.54, 1.807) is 17.0 Å². The molecule has 1 aliphatic rings. The van der Waals surface area contributed by atoms with Crippen molar-refractivity contribution in [2.75, 3.05) is 4.90 Å². The molecule has 2 aromatic rings. The van der Waals surface area contributed by atoms with Gasteiger partial charge >= 0.3 is 5.97 Å². The Morgan fingerprint density at radius 2 is 2.00 bits per heavy atom. The first kappa shape index (κ1) is 21.3. The first-order valence-corrected chi connectivity index (χ1v) is 10.9. The van der Waals surface area contributed by atoms with Crippen LogP contribution in [0, 0.1) is 0 Å². The molecule has 1 fully saturated rings. The number of benzene rings is 1. The third-order valence-electron chi connectivity index (χ3n) is 5.21. The fourth-order valence-corrected chi connectivity index (χ4v) is 4.31. The van der Waals surface area contributed by atoms with Crippen molar-refractivity contribution in [2.24, 2.45) is 0 Å². The third-order valence-corrected chi connectivity index (χ3v) is 6.25. The Morgan fingerprint density at radius 3 is 2.62 bits per heavy atom. The molecule has 6 heteroatoms. The summed E-state index contributed by atoms with van der Waals surface area (Å²) in [5, 5.41) is 19.3. The summed E-state index contributed by atoms with van der Waals surface area (Å²) >= 11 is 1.24. The van der Waals surface area contributed by atoms with Gasteiger partial charge in [0.25, 0.3) is 0 Å². The fraction of sp³-hybridized carbons (Fsp3) is 0.391. The molecule has 2 heterocycles. The number of aromatic carboxylic acids is 1. The number of aliphatic hydroxyl groups excluding tert-OH is 1. The molecule has 29 heavy (non-hydrogen) atoms. The van der Waals surface area contributed by atoms with Gasteiger partial charge in [-0.2, -0.15) is 0 Å². The van der Waals surface area contributed by atoms with Crippen LogP contribution in [0.2, 0.25) is 0 Å². The van der Waals surface area contributed by atoms with E-state index in [4.69, 9.17) is 5.11 Å². The van der Waals surface area contributed by atoms with Crippen molar-refractivity contribution < 1.29 is 19.8 Å². The molecule has 1 aromatic heterocycles. The quantitative estimate of drug-likeness (QED) is 0.411. The smallest absolute Gasteiger partial charge is 0.345 e. The molecule has 1 saturated heterocycles. The summed E-state index contributed by atoms with van der Waals surface area (Å²) in [6.07, 6.45) is 8.70. The number of carbonyl (C=O) groups excluding carboxylic acids is 1. The van der Waals surface area contributed by atoms with Crippen LogP contribution in [0.25, 0.3) is 6.08 Å². The topological polar surface area (TPSA) is 77.8 Å². The molecule has 3 rings (SSSR count). The normalized spacial score (nSPS) is 17.5. The van der Waals surface area contributed by atoms with Gasteiger partial charge in [-0.15, -0.1) is 11.3 Å². The molecule has 2 atom stereocenters. The van der Waals surface area contributed by atoms with Gasteiger partial charge in [0, 0.05) is 23.0 Å². The first-order chi connectivity index (χ1) is 14.0. The van der Waals surface area contributed by atoms with Gasteiger partial charge in [-0.25, -0.2) is 4.79 Å². The van der Waals surface area contributed by atoms with E-state index in [1.807, 2.05) is 36.4 Å². The van der Waals surface area contributed by atoms with Crippen LogP contribution in [0.4, 0.5) is 5.69 Å². The summed E-state index contributed by atoms with van der Waals surface area (Å²) in [6, 6.07) is 11.1. The number of β-lactam (4-membered cyclic amide) rings is 1. The van der Waals surface area contributed by atoms with E-state index < -0.39 is 12.1 Å². The van der Waals surface area contributed by atoms with Crippen molar-refractivity contribution in [3.8, 4) is 0 Å². The number of unbranched alkanes of at least 4 members (excludes halogenated alkanes) is 2. The Balaban J connectivity index is 1.57. The number of rotatable bonds is 10. The number of carboxylic acids is 1. The minimum absolute atomic E-state index is 0.101. The summed E-state index contributed by atoms with van der Waals surface area (Å²) in [6.45, 7) is 2.14. The lowest BCUT2D eigenvalue weighted by atomic mass is 9.96. The molecule has 0 bridgehead atoms.